The fraction of sp³-hybridized carbons (Fsp3) is 0.278. The van der Waals surface area contributed by atoms with Gasteiger partial charge in [-0.2, -0.15) is 0 Å². The van der Waals surface area contributed by atoms with Crippen molar-refractivity contribution in [2.24, 2.45) is 5.73 Å². The maximum absolute atomic E-state index is 12.3. The molecule has 0 aliphatic heterocycles. The Bertz CT molecular complexity index is 806. The minimum Gasteiger partial charge on any atom is -0.454 e. The number of hydrogen-bond acceptors (Lipinski definition) is 4. The van der Waals surface area contributed by atoms with E-state index < -0.39 is 12.0 Å². The van der Waals surface area contributed by atoms with Gasteiger partial charge in [0.25, 0.3) is 0 Å². The highest BCUT2D eigenvalue weighted by atomic mass is 16.5. The van der Waals surface area contributed by atoms with E-state index in [4.69, 9.17) is 10.5 Å². The molecule has 7 nitrogen and oxygen atoms in total. The van der Waals surface area contributed by atoms with Gasteiger partial charge in [-0.25, -0.2) is 9.59 Å². The maximum atomic E-state index is 12.3. The molecule has 0 aliphatic rings. The van der Waals surface area contributed by atoms with Crippen LogP contribution in [-0.4, -0.2) is 29.0 Å². The molecule has 0 radical (unpaired) electrons. The summed E-state index contributed by atoms with van der Waals surface area (Å²) in [6.07, 6.45) is 0. The molecule has 3 N–H and O–H groups in total. The summed E-state index contributed by atoms with van der Waals surface area (Å²) in [4.78, 5) is 35.1. The molecular weight excluding hydrogens is 322 g/mol. The van der Waals surface area contributed by atoms with Crippen LogP contribution in [0.5, 0.6) is 0 Å². The van der Waals surface area contributed by atoms with Crippen LogP contribution in [0, 0.1) is 13.8 Å². The molecule has 132 valence electrons. The first-order valence-corrected chi connectivity index (χ1v) is 7.87. The minimum atomic E-state index is -0.689. The van der Waals surface area contributed by atoms with Gasteiger partial charge in [-0.1, -0.05) is 0 Å². The van der Waals surface area contributed by atoms with Gasteiger partial charge in [0, 0.05) is 29.2 Å². The number of anilines is 1. The van der Waals surface area contributed by atoms with Crippen LogP contribution in [0.2, 0.25) is 0 Å². The number of Topliss-reactive ketones (excluding diaryl/α,β-unsaturated/α-hetero) is 1. The van der Waals surface area contributed by atoms with E-state index in [1.807, 2.05) is 25.3 Å². The first-order chi connectivity index (χ1) is 11.8. The smallest absolute Gasteiger partial charge is 0.338 e. The average molecular weight is 343 g/mol. The number of benzene rings is 1. The molecule has 0 fully saturated rings. The summed E-state index contributed by atoms with van der Waals surface area (Å²) < 4.78 is 7.12. The zero-order valence-electron chi connectivity index (χ0n) is 14.5. The lowest BCUT2D eigenvalue weighted by molar-refractivity contribution is 0.0474. The molecule has 1 aromatic heterocycles. The van der Waals surface area contributed by atoms with E-state index in [1.54, 1.807) is 6.07 Å². The van der Waals surface area contributed by atoms with E-state index in [2.05, 4.69) is 5.32 Å². The second-order valence-corrected chi connectivity index (χ2v) is 5.59. The molecule has 2 aromatic rings. The second kappa shape index (κ2) is 7.65. The van der Waals surface area contributed by atoms with Crippen molar-refractivity contribution in [3.63, 3.8) is 0 Å². The van der Waals surface area contributed by atoms with Gasteiger partial charge in [0.05, 0.1) is 5.56 Å². The molecule has 1 aromatic carbocycles. The Hall–Kier alpha value is -3.09. The van der Waals surface area contributed by atoms with Crippen LogP contribution in [0.4, 0.5) is 10.5 Å². The van der Waals surface area contributed by atoms with Crippen LogP contribution in [0.3, 0.4) is 0 Å². The van der Waals surface area contributed by atoms with Crippen molar-refractivity contribution < 1.29 is 19.1 Å². The SMILES string of the molecule is CCn1c(C)cc(C(=O)COC(=O)c2ccc(NC(N)=O)cc2)c1C. The lowest BCUT2D eigenvalue weighted by Gasteiger charge is -2.07. The fourth-order valence-corrected chi connectivity index (χ4v) is 2.69. The maximum Gasteiger partial charge on any atom is 0.338 e. The Balaban J connectivity index is 2.00. The number of nitrogens with zero attached hydrogens (tertiary/aromatic N) is 1. The summed E-state index contributed by atoms with van der Waals surface area (Å²) in [5.74, 6) is -0.851. The predicted molar refractivity (Wildman–Crippen MR) is 93.8 cm³/mol. The van der Waals surface area contributed by atoms with Gasteiger partial charge in [0.1, 0.15) is 0 Å². The van der Waals surface area contributed by atoms with Gasteiger partial charge in [0.2, 0.25) is 5.78 Å². The van der Waals surface area contributed by atoms with Crippen molar-refractivity contribution in [1.82, 2.24) is 4.57 Å². The molecule has 1 heterocycles. The van der Waals surface area contributed by atoms with Gasteiger partial charge in [-0.05, 0) is 51.1 Å². The molecule has 25 heavy (non-hydrogen) atoms. The van der Waals surface area contributed by atoms with Gasteiger partial charge >= 0.3 is 12.0 Å². The normalized spacial score (nSPS) is 10.4. The van der Waals surface area contributed by atoms with Crippen LogP contribution >= 0.6 is 0 Å². The van der Waals surface area contributed by atoms with Crippen molar-refractivity contribution in [2.45, 2.75) is 27.3 Å². The molecule has 0 unspecified atom stereocenters. The highest BCUT2D eigenvalue weighted by molar-refractivity contribution is 6.00. The minimum absolute atomic E-state index is 0.242. The molecular formula is C18H21N3O4. The molecule has 0 aliphatic carbocycles. The number of hydrogen-bond donors (Lipinski definition) is 2. The lowest BCUT2D eigenvalue weighted by atomic mass is 10.1. The topological polar surface area (TPSA) is 103 Å². The number of rotatable bonds is 6. The number of ketones is 1. The zero-order valence-corrected chi connectivity index (χ0v) is 14.5. The number of carbonyl (C=O) groups excluding carboxylic acids is 3. The number of ether oxygens (including phenoxy) is 1. The lowest BCUT2D eigenvalue weighted by Crippen LogP contribution is -2.19. The number of primary amides is 1. The molecule has 0 atom stereocenters. The summed E-state index contributed by atoms with van der Waals surface area (Å²) in [5.41, 5.74) is 8.18. The number of aryl methyl sites for hydroxylation is 1. The Kier molecular flexibility index (Phi) is 5.59. The Morgan fingerprint density at radius 3 is 2.32 bits per heavy atom. The Labute approximate surface area is 145 Å². The molecule has 0 saturated carbocycles. The monoisotopic (exact) mass is 343 g/mol. The summed E-state index contributed by atoms with van der Waals surface area (Å²) in [7, 11) is 0. The average Bonchev–Trinajstić information content (AvgIpc) is 2.86. The van der Waals surface area contributed by atoms with Crippen LogP contribution in [0.1, 0.15) is 39.0 Å². The number of carbonyl (C=O) groups is 3. The largest absolute Gasteiger partial charge is 0.454 e. The van der Waals surface area contributed by atoms with E-state index in [-0.39, 0.29) is 18.0 Å². The number of urea groups is 1. The quantitative estimate of drug-likeness (QED) is 0.621. The molecule has 7 heteroatoms. The van der Waals surface area contributed by atoms with Crippen LogP contribution in [0.15, 0.2) is 30.3 Å². The van der Waals surface area contributed by atoms with Gasteiger partial charge in [-0.3, -0.25) is 4.79 Å². The number of esters is 1. The van der Waals surface area contributed by atoms with Crippen LogP contribution in [-0.2, 0) is 11.3 Å². The van der Waals surface area contributed by atoms with Gasteiger partial charge < -0.3 is 20.4 Å². The van der Waals surface area contributed by atoms with E-state index in [9.17, 15) is 14.4 Å². The fourth-order valence-electron chi connectivity index (χ4n) is 2.69. The third-order valence-electron chi connectivity index (χ3n) is 3.91. The molecule has 2 amide bonds. The van der Waals surface area contributed by atoms with E-state index in [1.165, 1.54) is 24.3 Å². The first-order valence-electron chi connectivity index (χ1n) is 7.87. The van der Waals surface area contributed by atoms with Crippen molar-refractivity contribution in [2.75, 3.05) is 11.9 Å². The highest BCUT2D eigenvalue weighted by Gasteiger charge is 2.17. The number of aromatic nitrogens is 1. The van der Waals surface area contributed by atoms with Crippen molar-refractivity contribution in [1.29, 1.82) is 0 Å². The Morgan fingerprint density at radius 1 is 1.16 bits per heavy atom. The van der Waals surface area contributed by atoms with Crippen molar-refractivity contribution >= 4 is 23.5 Å². The van der Waals surface area contributed by atoms with E-state index >= 15 is 0 Å². The van der Waals surface area contributed by atoms with Gasteiger partial charge in [-0.15, -0.1) is 0 Å². The van der Waals surface area contributed by atoms with Crippen LogP contribution in [0.25, 0.3) is 0 Å². The Morgan fingerprint density at radius 2 is 1.80 bits per heavy atom. The van der Waals surface area contributed by atoms with E-state index in [0.29, 0.717) is 11.3 Å². The van der Waals surface area contributed by atoms with E-state index in [0.717, 1.165) is 17.9 Å². The van der Waals surface area contributed by atoms with Crippen molar-refractivity contribution in [3.05, 3.63) is 52.8 Å². The first kappa shape index (κ1) is 18.3. The third-order valence-corrected chi connectivity index (χ3v) is 3.91. The van der Waals surface area contributed by atoms with Crippen molar-refractivity contribution in [3.8, 4) is 0 Å². The molecule has 0 spiro atoms. The second-order valence-electron chi connectivity index (χ2n) is 5.59. The summed E-state index contributed by atoms with van der Waals surface area (Å²) in [5, 5.41) is 2.39. The third kappa shape index (κ3) is 4.26. The summed E-state index contributed by atoms with van der Waals surface area (Å²) in [6, 6.07) is 7.14. The molecule has 2 rings (SSSR count). The number of nitrogens with two attached hydrogens (primary N) is 1. The number of nitrogens with one attached hydrogen (secondary N) is 1. The highest BCUT2D eigenvalue weighted by Crippen LogP contribution is 2.16. The summed E-state index contributed by atoms with van der Waals surface area (Å²) in [6.45, 7) is 6.26. The molecule has 0 saturated heterocycles. The van der Waals surface area contributed by atoms with Gasteiger partial charge in [0.15, 0.2) is 6.61 Å². The number of amides is 2. The van der Waals surface area contributed by atoms with Crippen LogP contribution < -0.4 is 11.1 Å². The summed E-state index contributed by atoms with van der Waals surface area (Å²) >= 11 is 0. The zero-order chi connectivity index (χ0) is 18.6. The standard InChI is InChI=1S/C18H21N3O4/c1-4-21-11(2)9-15(12(21)3)16(22)10-25-17(23)13-5-7-14(8-6-13)20-18(19)24/h5-9H,4,10H2,1-3H3,(H3,19,20,24). The predicted octanol–water partition coefficient (Wildman–Crippen LogP) is 2.66. The molecule has 0 bridgehead atoms.